The Balaban J connectivity index is 1.80. The Morgan fingerprint density at radius 2 is 2.00 bits per heavy atom. The van der Waals surface area contributed by atoms with Crippen LogP contribution in [-0.2, 0) is 11.2 Å². The maximum Gasteiger partial charge on any atom is 0.228 e. The van der Waals surface area contributed by atoms with Crippen molar-refractivity contribution in [2.45, 2.75) is 19.3 Å². The second-order valence-electron chi connectivity index (χ2n) is 6.91. The number of nitrogens with one attached hydrogen (secondary N) is 2. The first-order valence-corrected chi connectivity index (χ1v) is 9.08. The molecule has 0 radical (unpaired) electrons. The predicted molar refractivity (Wildman–Crippen MR) is 103 cm³/mol. The van der Waals surface area contributed by atoms with Gasteiger partial charge in [-0.1, -0.05) is 48.5 Å². The molecule has 1 saturated heterocycles. The van der Waals surface area contributed by atoms with E-state index in [2.05, 4.69) is 17.2 Å². The van der Waals surface area contributed by atoms with Gasteiger partial charge in [-0.2, -0.15) is 0 Å². The van der Waals surface area contributed by atoms with Crippen LogP contribution >= 0.6 is 0 Å². The third-order valence-corrected chi connectivity index (χ3v) is 5.04. The number of hydrogen-bond donors (Lipinski definition) is 2. The van der Waals surface area contributed by atoms with E-state index >= 15 is 0 Å². The van der Waals surface area contributed by atoms with Gasteiger partial charge in [0.1, 0.15) is 5.82 Å². The van der Waals surface area contributed by atoms with Crippen molar-refractivity contribution in [3.05, 3.63) is 72.6 Å². The lowest BCUT2D eigenvalue weighted by Gasteiger charge is -2.36. The van der Waals surface area contributed by atoms with Crippen LogP contribution in [0.2, 0.25) is 0 Å². The first-order chi connectivity index (χ1) is 12.6. The van der Waals surface area contributed by atoms with Crippen LogP contribution < -0.4 is 10.6 Å². The molecule has 0 saturated carbocycles. The first-order valence-electron chi connectivity index (χ1n) is 9.08. The topological polar surface area (TPSA) is 41.1 Å². The molecule has 136 valence electrons. The van der Waals surface area contributed by atoms with Gasteiger partial charge in [0.25, 0.3) is 0 Å². The molecule has 3 nitrogen and oxygen atoms in total. The van der Waals surface area contributed by atoms with E-state index in [1.54, 1.807) is 18.2 Å². The Bertz CT molecular complexity index is 764. The van der Waals surface area contributed by atoms with Gasteiger partial charge in [-0.25, -0.2) is 4.39 Å². The first kappa shape index (κ1) is 18.3. The molecule has 1 aliphatic heterocycles. The summed E-state index contributed by atoms with van der Waals surface area (Å²) < 4.78 is 14.0. The second kappa shape index (κ2) is 8.28. The number of halogens is 1. The molecule has 1 aliphatic rings. The van der Waals surface area contributed by atoms with Crippen molar-refractivity contribution in [1.82, 2.24) is 10.6 Å². The Morgan fingerprint density at radius 3 is 2.65 bits per heavy atom. The highest BCUT2D eigenvalue weighted by Gasteiger charge is 2.39. The molecule has 2 aromatic rings. The average Bonchev–Trinajstić information content (AvgIpc) is 2.68. The van der Waals surface area contributed by atoms with Crippen LogP contribution in [0.1, 0.15) is 18.4 Å². The molecule has 3 rings (SSSR count). The van der Waals surface area contributed by atoms with E-state index in [1.165, 1.54) is 6.07 Å². The molecule has 0 bridgehead atoms. The number of benzene rings is 2. The number of carbonyl (C=O) groups is 1. The summed E-state index contributed by atoms with van der Waals surface area (Å²) in [5.41, 5.74) is 2.08. The van der Waals surface area contributed by atoms with Crippen LogP contribution in [0, 0.1) is 11.2 Å². The van der Waals surface area contributed by atoms with E-state index in [4.69, 9.17) is 0 Å². The van der Waals surface area contributed by atoms with Crippen LogP contribution in [0.5, 0.6) is 0 Å². The normalized spacial score (nSPS) is 19.7. The summed E-state index contributed by atoms with van der Waals surface area (Å²) in [5.74, 6) is -0.153. The minimum atomic E-state index is -0.444. The van der Waals surface area contributed by atoms with Gasteiger partial charge in [0.15, 0.2) is 0 Å². The van der Waals surface area contributed by atoms with Gasteiger partial charge < -0.3 is 10.6 Å². The lowest BCUT2D eigenvalue weighted by atomic mass is 9.74. The zero-order valence-electron chi connectivity index (χ0n) is 14.9. The Hall–Kier alpha value is -2.46. The summed E-state index contributed by atoms with van der Waals surface area (Å²) in [6.07, 6.45) is 4.21. The monoisotopic (exact) mass is 352 g/mol. The molecule has 2 N–H and O–H groups in total. The molecule has 1 fully saturated rings. The smallest absolute Gasteiger partial charge is 0.228 e. The largest absolute Gasteiger partial charge is 0.352 e. The van der Waals surface area contributed by atoms with E-state index in [9.17, 15) is 9.18 Å². The quantitative estimate of drug-likeness (QED) is 0.778. The molecule has 1 heterocycles. The highest BCUT2D eigenvalue weighted by Crippen LogP contribution is 2.32. The van der Waals surface area contributed by atoms with E-state index in [0.29, 0.717) is 25.1 Å². The third-order valence-electron chi connectivity index (χ3n) is 5.04. The highest BCUT2D eigenvalue weighted by atomic mass is 19.1. The molecule has 0 spiro atoms. The van der Waals surface area contributed by atoms with Crippen molar-refractivity contribution in [3.8, 4) is 11.1 Å². The van der Waals surface area contributed by atoms with Gasteiger partial charge in [-0.05, 0) is 43.0 Å². The van der Waals surface area contributed by atoms with E-state index in [0.717, 1.165) is 30.5 Å². The standard InChI is InChI=1S/C22H25FN2O/c1-2-13-25-21(26)22(12-5-14-24-16-22)15-17-8-10-18(11-9-17)19-6-3-4-7-20(19)23/h2-4,6-11,24H,1,5,12-16H2,(H,25,26)/t22-/m0/s1. The van der Waals surface area contributed by atoms with Gasteiger partial charge in [-0.15, -0.1) is 6.58 Å². The highest BCUT2D eigenvalue weighted by molar-refractivity contribution is 5.83. The zero-order chi connectivity index (χ0) is 18.4. The Kier molecular flexibility index (Phi) is 5.84. The van der Waals surface area contributed by atoms with Crippen LogP contribution in [0.15, 0.2) is 61.2 Å². The molecule has 4 heteroatoms. The van der Waals surface area contributed by atoms with Crippen molar-refractivity contribution in [1.29, 1.82) is 0 Å². The van der Waals surface area contributed by atoms with Gasteiger partial charge in [0.05, 0.1) is 5.41 Å². The minimum absolute atomic E-state index is 0.0720. The lowest BCUT2D eigenvalue weighted by molar-refractivity contribution is -0.131. The van der Waals surface area contributed by atoms with Crippen molar-refractivity contribution in [2.24, 2.45) is 5.41 Å². The SMILES string of the molecule is C=CCNC(=O)[C@]1(Cc2ccc(-c3ccccc3F)cc2)CCCNC1. The van der Waals surface area contributed by atoms with Crippen molar-refractivity contribution < 1.29 is 9.18 Å². The van der Waals surface area contributed by atoms with Crippen LogP contribution in [-0.4, -0.2) is 25.5 Å². The Morgan fingerprint density at radius 1 is 1.23 bits per heavy atom. The lowest BCUT2D eigenvalue weighted by Crippen LogP contribution is -2.51. The van der Waals surface area contributed by atoms with Crippen molar-refractivity contribution in [3.63, 3.8) is 0 Å². The number of rotatable bonds is 6. The van der Waals surface area contributed by atoms with Crippen molar-refractivity contribution >= 4 is 5.91 Å². The second-order valence-corrected chi connectivity index (χ2v) is 6.91. The molecule has 0 unspecified atom stereocenters. The van der Waals surface area contributed by atoms with Crippen molar-refractivity contribution in [2.75, 3.05) is 19.6 Å². The molecule has 1 amide bonds. The maximum atomic E-state index is 14.0. The van der Waals surface area contributed by atoms with Crippen LogP contribution in [0.25, 0.3) is 11.1 Å². The number of carbonyl (C=O) groups excluding carboxylic acids is 1. The predicted octanol–water partition coefficient (Wildman–Crippen LogP) is 3.71. The maximum absolute atomic E-state index is 14.0. The minimum Gasteiger partial charge on any atom is -0.352 e. The van der Waals surface area contributed by atoms with Gasteiger partial charge >= 0.3 is 0 Å². The summed E-state index contributed by atoms with van der Waals surface area (Å²) in [6, 6.07) is 14.6. The molecule has 1 atom stereocenters. The van der Waals surface area contributed by atoms with E-state index in [-0.39, 0.29) is 11.7 Å². The summed E-state index contributed by atoms with van der Waals surface area (Å²) in [4.78, 5) is 12.8. The van der Waals surface area contributed by atoms with Crippen LogP contribution in [0.3, 0.4) is 0 Å². The van der Waals surface area contributed by atoms with Crippen LogP contribution in [0.4, 0.5) is 4.39 Å². The number of hydrogen-bond acceptors (Lipinski definition) is 2. The molecule has 0 aliphatic carbocycles. The summed E-state index contributed by atoms with van der Waals surface area (Å²) in [7, 11) is 0. The molecule has 2 aromatic carbocycles. The fraction of sp³-hybridized carbons (Fsp3) is 0.318. The van der Waals surface area contributed by atoms with Gasteiger partial charge in [0.2, 0.25) is 5.91 Å². The molecule has 0 aromatic heterocycles. The number of amides is 1. The third kappa shape index (κ3) is 4.02. The Labute approximate surface area is 154 Å². The van der Waals surface area contributed by atoms with Gasteiger partial charge in [0, 0.05) is 18.7 Å². The zero-order valence-corrected chi connectivity index (χ0v) is 14.9. The molecular formula is C22H25FN2O. The summed E-state index contributed by atoms with van der Waals surface area (Å²) in [6.45, 7) is 5.77. The fourth-order valence-electron chi connectivity index (χ4n) is 3.63. The number of piperidine rings is 1. The van der Waals surface area contributed by atoms with E-state index < -0.39 is 5.41 Å². The molecule has 26 heavy (non-hydrogen) atoms. The van der Waals surface area contributed by atoms with Gasteiger partial charge in [-0.3, -0.25) is 4.79 Å². The molecular weight excluding hydrogens is 327 g/mol. The average molecular weight is 352 g/mol. The summed E-state index contributed by atoms with van der Waals surface area (Å²) >= 11 is 0. The summed E-state index contributed by atoms with van der Waals surface area (Å²) in [5, 5.41) is 6.32. The fourth-order valence-corrected chi connectivity index (χ4v) is 3.63. The van der Waals surface area contributed by atoms with E-state index in [1.807, 2.05) is 30.3 Å².